The summed E-state index contributed by atoms with van der Waals surface area (Å²) < 4.78 is 0. The Balaban J connectivity index is 1.56. The molecule has 1 fully saturated rings. The van der Waals surface area contributed by atoms with Crippen LogP contribution < -0.4 is 4.90 Å². The Hall–Kier alpha value is -1.46. The molecule has 0 atom stereocenters. The Bertz CT molecular complexity index is 577. The van der Waals surface area contributed by atoms with E-state index >= 15 is 0 Å². The van der Waals surface area contributed by atoms with Crippen molar-refractivity contribution in [2.24, 2.45) is 0 Å². The molecule has 0 N–H and O–H groups in total. The van der Waals surface area contributed by atoms with Crippen LogP contribution in [-0.4, -0.2) is 48.3 Å². The predicted octanol–water partition coefficient (Wildman–Crippen LogP) is 3.52. The number of rotatable bonds is 6. The van der Waals surface area contributed by atoms with Crippen molar-refractivity contribution in [3.05, 3.63) is 30.3 Å². The Labute approximate surface area is 136 Å². The van der Waals surface area contributed by atoms with Crippen LogP contribution in [0.4, 0.5) is 5.13 Å². The summed E-state index contributed by atoms with van der Waals surface area (Å²) in [6.45, 7) is 2.08. The number of hydrogen-bond donors (Lipinski definition) is 0. The molecule has 0 radical (unpaired) electrons. The smallest absolute Gasteiger partial charge is 0.208 e. The predicted molar refractivity (Wildman–Crippen MR) is 93.5 cm³/mol. The topological polar surface area (TPSA) is 32.3 Å². The maximum atomic E-state index is 4.34. The van der Waals surface area contributed by atoms with Gasteiger partial charge in [-0.25, -0.2) is 0 Å². The lowest BCUT2D eigenvalue weighted by molar-refractivity contribution is 0.251. The van der Waals surface area contributed by atoms with Gasteiger partial charge in [0, 0.05) is 31.7 Å². The van der Waals surface area contributed by atoms with Crippen molar-refractivity contribution in [2.75, 3.05) is 32.1 Å². The Morgan fingerprint density at radius 1 is 1.05 bits per heavy atom. The summed E-state index contributed by atoms with van der Waals surface area (Å²) in [5.74, 6) is 0. The number of anilines is 1. The minimum absolute atomic E-state index is 0.780. The highest BCUT2D eigenvalue weighted by Gasteiger charge is 2.19. The van der Waals surface area contributed by atoms with Gasteiger partial charge in [0.2, 0.25) is 5.13 Å². The van der Waals surface area contributed by atoms with Crippen LogP contribution in [-0.2, 0) is 0 Å². The van der Waals surface area contributed by atoms with Gasteiger partial charge in [0.1, 0.15) is 5.01 Å². The first kappa shape index (κ1) is 15.4. The Morgan fingerprint density at radius 3 is 2.50 bits per heavy atom. The van der Waals surface area contributed by atoms with E-state index in [2.05, 4.69) is 46.2 Å². The summed E-state index contributed by atoms with van der Waals surface area (Å²) in [5, 5.41) is 10.7. The van der Waals surface area contributed by atoms with Crippen molar-refractivity contribution in [3.63, 3.8) is 0 Å². The zero-order valence-electron chi connectivity index (χ0n) is 13.4. The molecule has 1 heterocycles. The van der Waals surface area contributed by atoms with E-state index in [9.17, 15) is 0 Å². The van der Waals surface area contributed by atoms with Gasteiger partial charge in [0.05, 0.1) is 0 Å². The maximum Gasteiger partial charge on any atom is 0.208 e. The third-order valence-corrected chi connectivity index (χ3v) is 5.58. The average Bonchev–Trinajstić information content (AvgIpc) is 3.24. The van der Waals surface area contributed by atoms with Crippen LogP contribution in [0.5, 0.6) is 0 Å². The standard InChI is InChI=1S/C17H24N4S/c1-20(15-10-6-7-11-15)12-13-21(2)17-19-18-16(22-17)14-8-4-3-5-9-14/h3-5,8-9,15H,6-7,10-13H2,1-2H3. The van der Waals surface area contributed by atoms with Gasteiger partial charge in [-0.3, -0.25) is 0 Å². The van der Waals surface area contributed by atoms with Crippen LogP contribution in [0.25, 0.3) is 10.6 Å². The van der Waals surface area contributed by atoms with E-state index in [1.807, 2.05) is 18.2 Å². The molecule has 5 heteroatoms. The molecule has 1 aromatic heterocycles. The summed E-state index contributed by atoms with van der Waals surface area (Å²) in [7, 11) is 4.36. The fourth-order valence-corrected chi connectivity index (χ4v) is 3.84. The zero-order valence-corrected chi connectivity index (χ0v) is 14.2. The van der Waals surface area contributed by atoms with Gasteiger partial charge < -0.3 is 9.80 Å². The monoisotopic (exact) mass is 316 g/mol. The van der Waals surface area contributed by atoms with Crippen LogP contribution in [0.15, 0.2) is 30.3 Å². The van der Waals surface area contributed by atoms with Crippen molar-refractivity contribution in [2.45, 2.75) is 31.7 Å². The average molecular weight is 316 g/mol. The molecule has 2 aromatic rings. The molecule has 1 aromatic carbocycles. The van der Waals surface area contributed by atoms with E-state index in [4.69, 9.17) is 0 Å². The fourth-order valence-electron chi connectivity index (χ4n) is 3.00. The van der Waals surface area contributed by atoms with E-state index in [-0.39, 0.29) is 0 Å². The molecule has 0 aliphatic heterocycles. The molecular weight excluding hydrogens is 292 g/mol. The molecule has 0 bridgehead atoms. The highest BCUT2D eigenvalue weighted by molar-refractivity contribution is 7.18. The SMILES string of the molecule is CN(CCN(C)C1CCCC1)c1nnc(-c2ccccc2)s1. The third kappa shape index (κ3) is 3.65. The Kier molecular flexibility index (Phi) is 5.05. The molecular formula is C17H24N4S. The fraction of sp³-hybridized carbons (Fsp3) is 0.529. The first-order valence-electron chi connectivity index (χ1n) is 8.04. The molecule has 0 unspecified atom stereocenters. The lowest BCUT2D eigenvalue weighted by Crippen LogP contribution is -2.36. The first-order valence-corrected chi connectivity index (χ1v) is 8.86. The number of benzene rings is 1. The minimum atomic E-state index is 0.780. The third-order valence-electron chi connectivity index (χ3n) is 4.50. The minimum Gasteiger partial charge on any atom is -0.348 e. The van der Waals surface area contributed by atoms with Crippen LogP contribution in [0.2, 0.25) is 0 Å². The van der Waals surface area contributed by atoms with Crippen molar-refractivity contribution in [3.8, 4) is 10.6 Å². The summed E-state index contributed by atoms with van der Waals surface area (Å²) in [6, 6.07) is 11.0. The number of nitrogens with zero attached hydrogens (tertiary/aromatic N) is 4. The molecule has 0 saturated heterocycles. The summed E-state index contributed by atoms with van der Waals surface area (Å²) in [4.78, 5) is 4.72. The van der Waals surface area contributed by atoms with Crippen LogP contribution in [0, 0.1) is 0 Å². The van der Waals surface area contributed by atoms with Crippen molar-refractivity contribution < 1.29 is 0 Å². The van der Waals surface area contributed by atoms with Crippen molar-refractivity contribution >= 4 is 16.5 Å². The van der Waals surface area contributed by atoms with Crippen LogP contribution >= 0.6 is 11.3 Å². The van der Waals surface area contributed by atoms with Gasteiger partial charge in [-0.05, 0) is 19.9 Å². The lowest BCUT2D eigenvalue weighted by Gasteiger charge is -2.26. The van der Waals surface area contributed by atoms with Crippen molar-refractivity contribution in [1.29, 1.82) is 0 Å². The van der Waals surface area contributed by atoms with E-state index in [0.29, 0.717) is 0 Å². The highest BCUT2D eigenvalue weighted by Crippen LogP contribution is 2.28. The summed E-state index contributed by atoms with van der Waals surface area (Å²) in [5.41, 5.74) is 1.14. The molecule has 1 aliphatic carbocycles. The van der Waals surface area contributed by atoms with Gasteiger partial charge >= 0.3 is 0 Å². The number of likely N-dealkylation sites (N-methyl/N-ethyl adjacent to an activating group) is 2. The molecule has 22 heavy (non-hydrogen) atoms. The van der Waals surface area contributed by atoms with Gasteiger partial charge in [0.25, 0.3) is 0 Å². The van der Waals surface area contributed by atoms with E-state index in [1.54, 1.807) is 11.3 Å². The number of hydrogen-bond acceptors (Lipinski definition) is 5. The lowest BCUT2D eigenvalue weighted by atomic mass is 10.2. The molecule has 0 amide bonds. The molecule has 1 saturated carbocycles. The largest absolute Gasteiger partial charge is 0.348 e. The van der Waals surface area contributed by atoms with Gasteiger partial charge in [0.15, 0.2) is 0 Å². The first-order chi connectivity index (χ1) is 10.7. The van der Waals surface area contributed by atoms with Gasteiger partial charge in [-0.15, -0.1) is 10.2 Å². The maximum absolute atomic E-state index is 4.34. The second-order valence-corrected chi connectivity index (χ2v) is 7.05. The highest BCUT2D eigenvalue weighted by atomic mass is 32.1. The quantitative estimate of drug-likeness (QED) is 0.816. The molecule has 0 spiro atoms. The van der Waals surface area contributed by atoms with Gasteiger partial charge in [-0.2, -0.15) is 0 Å². The Morgan fingerprint density at radius 2 is 1.77 bits per heavy atom. The normalized spacial score (nSPS) is 15.6. The second kappa shape index (κ2) is 7.20. The van der Waals surface area contributed by atoms with Crippen molar-refractivity contribution in [1.82, 2.24) is 15.1 Å². The van der Waals surface area contributed by atoms with E-state index in [1.165, 1.54) is 25.7 Å². The molecule has 3 rings (SSSR count). The van der Waals surface area contributed by atoms with E-state index < -0.39 is 0 Å². The molecule has 4 nitrogen and oxygen atoms in total. The van der Waals surface area contributed by atoms with E-state index in [0.717, 1.165) is 34.8 Å². The van der Waals surface area contributed by atoms with Crippen LogP contribution in [0.1, 0.15) is 25.7 Å². The summed E-state index contributed by atoms with van der Waals surface area (Å²) >= 11 is 1.66. The molecule has 118 valence electrons. The van der Waals surface area contributed by atoms with Gasteiger partial charge in [-0.1, -0.05) is 54.5 Å². The summed E-state index contributed by atoms with van der Waals surface area (Å²) in [6.07, 6.45) is 5.50. The van der Waals surface area contributed by atoms with Crippen LogP contribution in [0.3, 0.4) is 0 Å². The number of aromatic nitrogens is 2. The second-order valence-electron chi connectivity index (χ2n) is 6.10. The molecule has 1 aliphatic rings. The zero-order chi connectivity index (χ0) is 15.4.